The second-order valence-corrected chi connectivity index (χ2v) is 6.94. The molecule has 0 atom stereocenters. The quantitative estimate of drug-likeness (QED) is 0.289. The van der Waals surface area contributed by atoms with Gasteiger partial charge in [-0.2, -0.15) is 0 Å². The second-order valence-electron chi connectivity index (χ2n) is 5.77. The lowest BCUT2D eigenvalue weighted by atomic mass is 10.1. The van der Waals surface area contributed by atoms with Crippen LogP contribution in [0.5, 0.6) is 0 Å². The average Bonchev–Trinajstić information content (AvgIpc) is 2.61. The minimum Gasteiger partial charge on any atom is -0.463 e. The molecule has 0 bridgehead atoms. The van der Waals surface area contributed by atoms with Crippen molar-refractivity contribution in [2.75, 3.05) is 5.75 Å². The number of ether oxygens (including phenoxy) is 1. The molecular weight excluding hydrogens is 332 g/mol. The third kappa shape index (κ3) is 6.98. The SMILES string of the molecule is CC(C)OC(=O)CCSc1ccc(/C=C/C(=O)c2ccccc2)cc1. The van der Waals surface area contributed by atoms with Gasteiger partial charge < -0.3 is 4.74 Å². The number of carbonyl (C=O) groups is 2. The molecule has 25 heavy (non-hydrogen) atoms. The summed E-state index contributed by atoms with van der Waals surface area (Å²) in [7, 11) is 0. The normalized spacial score (nSPS) is 11.0. The first-order valence-corrected chi connectivity index (χ1v) is 9.23. The Kier molecular flexibility index (Phi) is 7.48. The van der Waals surface area contributed by atoms with Crippen molar-refractivity contribution in [1.29, 1.82) is 0 Å². The maximum atomic E-state index is 12.0. The molecule has 4 heteroatoms. The summed E-state index contributed by atoms with van der Waals surface area (Å²) in [6.07, 6.45) is 3.72. The van der Waals surface area contributed by atoms with Gasteiger partial charge in [0.15, 0.2) is 5.78 Å². The molecule has 2 aromatic carbocycles. The third-order valence-corrected chi connectivity index (χ3v) is 4.32. The van der Waals surface area contributed by atoms with E-state index in [-0.39, 0.29) is 17.9 Å². The Hall–Kier alpha value is -2.33. The fourth-order valence-corrected chi connectivity index (χ4v) is 2.95. The van der Waals surface area contributed by atoms with Gasteiger partial charge in [0.25, 0.3) is 0 Å². The van der Waals surface area contributed by atoms with E-state index in [9.17, 15) is 9.59 Å². The summed E-state index contributed by atoms with van der Waals surface area (Å²) in [6, 6.07) is 17.1. The third-order valence-electron chi connectivity index (χ3n) is 3.31. The lowest BCUT2D eigenvalue weighted by Crippen LogP contribution is -2.11. The highest BCUT2D eigenvalue weighted by molar-refractivity contribution is 7.99. The van der Waals surface area contributed by atoms with E-state index in [0.717, 1.165) is 10.5 Å². The van der Waals surface area contributed by atoms with Crippen LogP contribution in [0.1, 0.15) is 36.2 Å². The summed E-state index contributed by atoms with van der Waals surface area (Å²) >= 11 is 1.61. The Morgan fingerprint density at radius 3 is 2.36 bits per heavy atom. The molecule has 3 nitrogen and oxygen atoms in total. The summed E-state index contributed by atoms with van der Waals surface area (Å²) in [5.41, 5.74) is 1.65. The molecule has 0 aliphatic carbocycles. The van der Waals surface area contributed by atoms with Crippen LogP contribution in [-0.2, 0) is 9.53 Å². The van der Waals surface area contributed by atoms with Gasteiger partial charge in [-0.25, -0.2) is 0 Å². The van der Waals surface area contributed by atoms with Gasteiger partial charge in [0.1, 0.15) is 0 Å². The first-order chi connectivity index (χ1) is 12.0. The van der Waals surface area contributed by atoms with Gasteiger partial charge in [0, 0.05) is 16.2 Å². The number of rotatable bonds is 8. The van der Waals surface area contributed by atoms with E-state index in [1.807, 2.05) is 62.4 Å². The standard InChI is InChI=1S/C21H22O3S/c1-16(2)24-21(23)14-15-25-19-11-8-17(9-12-19)10-13-20(22)18-6-4-3-5-7-18/h3-13,16H,14-15H2,1-2H3/b13-10+. The number of benzene rings is 2. The number of esters is 1. The van der Waals surface area contributed by atoms with E-state index in [1.165, 1.54) is 0 Å². The molecule has 0 heterocycles. The van der Waals surface area contributed by atoms with Crippen LogP contribution in [-0.4, -0.2) is 23.6 Å². The fraction of sp³-hybridized carbons (Fsp3) is 0.238. The van der Waals surface area contributed by atoms with Crippen molar-refractivity contribution in [2.45, 2.75) is 31.3 Å². The number of thioether (sulfide) groups is 1. The van der Waals surface area contributed by atoms with Crippen LogP contribution in [0, 0.1) is 0 Å². The molecule has 0 unspecified atom stereocenters. The molecule has 0 radical (unpaired) electrons. The first-order valence-electron chi connectivity index (χ1n) is 8.24. The Labute approximate surface area is 153 Å². The highest BCUT2D eigenvalue weighted by Crippen LogP contribution is 2.20. The van der Waals surface area contributed by atoms with Gasteiger partial charge in [0.2, 0.25) is 0 Å². The van der Waals surface area contributed by atoms with Gasteiger partial charge >= 0.3 is 5.97 Å². The monoisotopic (exact) mass is 354 g/mol. The average molecular weight is 354 g/mol. The maximum Gasteiger partial charge on any atom is 0.306 e. The highest BCUT2D eigenvalue weighted by Gasteiger charge is 2.05. The number of hydrogen-bond acceptors (Lipinski definition) is 4. The Morgan fingerprint density at radius 1 is 1.04 bits per heavy atom. The van der Waals surface area contributed by atoms with Crippen LogP contribution in [0.3, 0.4) is 0 Å². The number of ketones is 1. The van der Waals surface area contributed by atoms with E-state index in [2.05, 4.69) is 0 Å². The molecule has 2 aromatic rings. The topological polar surface area (TPSA) is 43.4 Å². The van der Waals surface area contributed by atoms with Crippen LogP contribution in [0.2, 0.25) is 0 Å². The van der Waals surface area contributed by atoms with Crippen LogP contribution in [0.4, 0.5) is 0 Å². The summed E-state index contributed by atoms with van der Waals surface area (Å²) in [4.78, 5) is 24.6. The highest BCUT2D eigenvalue weighted by atomic mass is 32.2. The molecule has 0 aliphatic heterocycles. The zero-order valence-electron chi connectivity index (χ0n) is 14.5. The Balaban J connectivity index is 1.82. The second kappa shape index (κ2) is 9.84. The first kappa shape index (κ1) is 19.0. The van der Waals surface area contributed by atoms with E-state index in [1.54, 1.807) is 30.0 Å². The molecule has 0 saturated carbocycles. The number of carbonyl (C=O) groups excluding carboxylic acids is 2. The Bertz CT molecular complexity index is 719. The van der Waals surface area contributed by atoms with Crippen molar-refractivity contribution in [3.05, 3.63) is 71.8 Å². The summed E-state index contributed by atoms with van der Waals surface area (Å²) < 4.78 is 5.10. The maximum absolute atomic E-state index is 12.0. The zero-order valence-corrected chi connectivity index (χ0v) is 15.3. The summed E-state index contributed by atoms with van der Waals surface area (Å²) in [5.74, 6) is 0.511. The van der Waals surface area contributed by atoms with Crippen LogP contribution in [0.15, 0.2) is 65.6 Å². The van der Waals surface area contributed by atoms with Gasteiger partial charge in [-0.3, -0.25) is 9.59 Å². The van der Waals surface area contributed by atoms with Crippen LogP contribution in [0.25, 0.3) is 6.08 Å². The van der Waals surface area contributed by atoms with Gasteiger partial charge in [-0.1, -0.05) is 48.5 Å². The molecule has 0 aliphatic rings. The summed E-state index contributed by atoms with van der Waals surface area (Å²) in [5, 5.41) is 0. The molecule has 0 N–H and O–H groups in total. The molecule has 0 fully saturated rings. The van der Waals surface area contributed by atoms with E-state index < -0.39 is 0 Å². The van der Waals surface area contributed by atoms with E-state index >= 15 is 0 Å². The largest absolute Gasteiger partial charge is 0.463 e. The number of hydrogen-bond donors (Lipinski definition) is 0. The van der Waals surface area contributed by atoms with Gasteiger partial charge in [-0.05, 0) is 37.6 Å². The van der Waals surface area contributed by atoms with Gasteiger partial charge in [0.05, 0.1) is 12.5 Å². The molecule has 0 amide bonds. The predicted molar refractivity (Wildman–Crippen MR) is 103 cm³/mol. The number of allylic oxidation sites excluding steroid dienone is 1. The molecule has 0 aromatic heterocycles. The van der Waals surface area contributed by atoms with Crippen molar-refractivity contribution in [2.24, 2.45) is 0 Å². The zero-order chi connectivity index (χ0) is 18.1. The van der Waals surface area contributed by atoms with Crippen molar-refractivity contribution >= 4 is 29.6 Å². The van der Waals surface area contributed by atoms with Crippen molar-refractivity contribution in [3.8, 4) is 0 Å². The molecule has 130 valence electrons. The minimum atomic E-state index is -0.165. The minimum absolute atomic E-state index is 0.0114. The molecular formula is C21H22O3S. The van der Waals surface area contributed by atoms with E-state index in [0.29, 0.717) is 17.7 Å². The Morgan fingerprint density at radius 2 is 1.72 bits per heavy atom. The van der Waals surface area contributed by atoms with Gasteiger partial charge in [-0.15, -0.1) is 11.8 Å². The predicted octanol–water partition coefficient (Wildman–Crippen LogP) is 5.02. The molecule has 0 saturated heterocycles. The van der Waals surface area contributed by atoms with Crippen molar-refractivity contribution in [3.63, 3.8) is 0 Å². The smallest absolute Gasteiger partial charge is 0.306 e. The molecule has 0 spiro atoms. The van der Waals surface area contributed by atoms with E-state index in [4.69, 9.17) is 4.74 Å². The van der Waals surface area contributed by atoms with Crippen LogP contribution < -0.4 is 0 Å². The fourth-order valence-electron chi connectivity index (χ4n) is 2.12. The van der Waals surface area contributed by atoms with Crippen molar-refractivity contribution in [1.82, 2.24) is 0 Å². The summed E-state index contributed by atoms with van der Waals surface area (Å²) in [6.45, 7) is 3.69. The lowest BCUT2D eigenvalue weighted by Gasteiger charge is -2.07. The van der Waals surface area contributed by atoms with Crippen LogP contribution >= 0.6 is 11.8 Å². The lowest BCUT2D eigenvalue weighted by molar-refractivity contribution is -0.146. The molecule has 2 rings (SSSR count). The van der Waals surface area contributed by atoms with Crippen molar-refractivity contribution < 1.29 is 14.3 Å².